The van der Waals surface area contributed by atoms with Gasteiger partial charge < -0.3 is 36.2 Å². The second-order valence-electron chi connectivity index (χ2n) is 21.6. The van der Waals surface area contributed by atoms with E-state index < -0.39 is 24.1 Å². The lowest BCUT2D eigenvalue weighted by Gasteiger charge is -2.42. The molecule has 5 aromatic heterocycles. The first kappa shape index (κ1) is 57.1. The van der Waals surface area contributed by atoms with Crippen LogP contribution in [-0.2, 0) is 17.0 Å². The number of carbonyl (C=O) groups is 3. The number of nitrogens with zero attached hydrogens (tertiary/aromatic N) is 9. The van der Waals surface area contributed by atoms with E-state index in [1.165, 1.54) is 25.1 Å². The number of amides is 3. The van der Waals surface area contributed by atoms with Gasteiger partial charge in [0.2, 0.25) is 0 Å². The third-order valence-corrected chi connectivity index (χ3v) is 18.2. The number of carbonyl (C=O) groups excluding carboxylic acids is 3. The van der Waals surface area contributed by atoms with Crippen LogP contribution in [0.1, 0.15) is 166 Å². The number of hydrogen-bond acceptors (Lipinski definition) is 14. The minimum Gasteiger partial charge on any atom is -0.427 e. The number of aromatic nitrogens is 7. The van der Waals surface area contributed by atoms with Crippen LogP contribution in [0.5, 0.6) is 0 Å². The molecule has 8 heterocycles. The minimum absolute atomic E-state index is 0.0611. The molecule has 0 atom stereocenters. The number of nitrogens with one attached hydrogen (secondary N) is 2. The maximum absolute atomic E-state index is 13.4. The van der Waals surface area contributed by atoms with Crippen LogP contribution < -0.4 is 33.0 Å². The largest absolute Gasteiger partial charge is 0.454 e. The van der Waals surface area contributed by atoms with Gasteiger partial charge in [0.15, 0.2) is 0 Å². The molecule has 418 valence electrons. The molecule has 3 spiro atoms. The fourth-order valence-electron chi connectivity index (χ4n) is 12.3. The molecule has 6 fully saturated rings. The van der Waals surface area contributed by atoms with Crippen molar-refractivity contribution in [3.8, 4) is 0 Å². The maximum Gasteiger partial charge on any atom is 0.454 e. The van der Waals surface area contributed by atoms with E-state index in [2.05, 4.69) is 62.4 Å². The summed E-state index contributed by atoms with van der Waals surface area (Å²) in [6.07, 6.45) is 26.6. The van der Waals surface area contributed by atoms with Crippen LogP contribution in [0.2, 0.25) is 20.9 Å². The second kappa shape index (κ2) is 23.4. The van der Waals surface area contributed by atoms with Crippen molar-refractivity contribution in [2.24, 2.45) is 0 Å². The van der Waals surface area contributed by atoms with Gasteiger partial charge >= 0.3 is 7.12 Å². The smallest absolute Gasteiger partial charge is 0.427 e. The molecule has 0 aromatic carbocycles. The van der Waals surface area contributed by atoms with E-state index in [0.29, 0.717) is 58.4 Å². The third-order valence-electron chi connectivity index (χ3n) is 16.2. The number of rotatable bonds is 5. The van der Waals surface area contributed by atoms with Crippen LogP contribution in [0, 0.1) is 0 Å². The highest BCUT2D eigenvalue weighted by Crippen LogP contribution is 2.51. The highest BCUT2D eigenvalue weighted by atomic mass is 79.9. The monoisotopic (exact) mass is 1270 g/mol. The van der Waals surface area contributed by atoms with Gasteiger partial charge in [-0.2, -0.15) is 0 Å². The van der Waals surface area contributed by atoms with Crippen LogP contribution in [0.15, 0.2) is 78.7 Å². The van der Waals surface area contributed by atoms with Gasteiger partial charge in [0.1, 0.15) is 64.0 Å². The molecule has 0 radical (unpaired) electrons. The second-order valence-corrected chi connectivity index (χ2v) is 24.5. The van der Waals surface area contributed by atoms with Crippen molar-refractivity contribution in [1.82, 2.24) is 48.8 Å². The Morgan fingerprint density at radius 3 is 1.47 bits per heavy atom. The van der Waals surface area contributed by atoms with E-state index in [1.807, 2.05) is 9.80 Å². The molecule has 5 aromatic rings. The Hall–Kier alpha value is -5.17. The van der Waals surface area contributed by atoms with E-state index >= 15 is 0 Å². The molecular formula is C53H60BBr2Cl3N12O8. The number of nitrogens with two attached hydrogens (primary N) is 1. The quantitative estimate of drug-likeness (QED) is 0.103. The first-order valence-electron chi connectivity index (χ1n) is 27.0. The number of anilines is 3. The predicted octanol–water partition coefficient (Wildman–Crippen LogP) is 9.08. The normalized spacial score (nSPS) is 20.5. The van der Waals surface area contributed by atoms with Gasteiger partial charge in [-0.25, -0.2) is 19.9 Å². The summed E-state index contributed by atoms with van der Waals surface area (Å²) >= 11 is 25.4. The van der Waals surface area contributed by atoms with Gasteiger partial charge in [0.05, 0.1) is 24.0 Å². The molecule has 20 nitrogen and oxygen atoms in total. The van der Waals surface area contributed by atoms with Crippen molar-refractivity contribution < 1.29 is 24.4 Å². The van der Waals surface area contributed by atoms with Crippen LogP contribution in [-0.4, -0.2) is 90.4 Å². The summed E-state index contributed by atoms with van der Waals surface area (Å²) in [6.45, 7) is 0. The number of nitrogen functional groups attached to an aromatic ring is 1. The van der Waals surface area contributed by atoms with Gasteiger partial charge in [0, 0.05) is 24.5 Å². The zero-order valence-electron chi connectivity index (χ0n) is 43.2. The Morgan fingerprint density at radius 1 is 0.595 bits per heavy atom. The lowest BCUT2D eigenvalue weighted by atomic mass is 9.84. The summed E-state index contributed by atoms with van der Waals surface area (Å²) in [4.78, 5) is 95.9. The summed E-state index contributed by atoms with van der Waals surface area (Å²) in [6, 6.07) is 8.43. The zero-order valence-corrected chi connectivity index (χ0v) is 48.6. The lowest BCUT2D eigenvalue weighted by molar-refractivity contribution is 0.00770. The van der Waals surface area contributed by atoms with Crippen molar-refractivity contribution >= 4 is 109 Å². The summed E-state index contributed by atoms with van der Waals surface area (Å²) < 4.78 is 5.77. The van der Waals surface area contributed by atoms with Crippen molar-refractivity contribution in [3.05, 3.63) is 128 Å². The molecule has 6 aliphatic carbocycles. The van der Waals surface area contributed by atoms with E-state index in [1.54, 1.807) is 50.4 Å². The Balaban J connectivity index is 0.000000121. The number of halogens is 5. The maximum atomic E-state index is 13.4. The standard InChI is InChI=1S/C19H20ClN5O2.C15H16BrClN2O2.C12H12BrClN2O2.C4H5N3.C3H7BO2/c20-13-10-14(23-15-6-9-21-11-22-15)17(26)25-16(13)18(27)24(12-4-5-12)19(25)7-2-1-3-8-19;16-10-8-11(17)12-14(21)18(9-4-5-9)15(19(12)13(10)20)6-2-1-3-7-15;13-7-6-8(14)9-10(17)15-12(16(9)11(7)18)4-2-1-3-5-12;5-4-1-2-6-3-7-4;5-4(6)3-1-2-3/h6,9-12H,1-5,7-8H2,(H,21,22,23);8-9H,1-7H2;6H,1-5H2,(H,15,17);1-3H,(H2,5,6,7);3,5-6H,1-2H2. The Labute approximate surface area is 487 Å². The first-order chi connectivity index (χ1) is 37.9. The SMILES string of the molecule is Nc1ccncn1.O=C1NC2(CCCCC2)n2c1c(Cl)cc(Br)c2=O.O=C1c2c(Cl)cc(Br)c(=O)n2C2(CCCCC2)N1C1CC1.O=C1c2c(Cl)cc(Nc3ccncn3)c(=O)n2C2(CCCCC2)N1C1CC1.OB(O)C1CC1. The molecule has 3 aliphatic heterocycles. The number of hydrogen-bond donors (Lipinski definition) is 5. The van der Waals surface area contributed by atoms with Crippen LogP contribution in [0.3, 0.4) is 0 Å². The van der Waals surface area contributed by atoms with Gasteiger partial charge in [-0.1, -0.05) is 66.9 Å². The molecule has 6 saturated carbocycles. The molecule has 0 unspecified atom stereocenters. The molecule has 26 heteroatoms. The average Bonchev–Trinajstić information content (AvgIpc) is 3.75. The number of fused-ring (bicyclic) bond motifs is 6. The van der Waals surface area contributed by atoms with Crippen LogP contribution in [0.4, 0.5) is 17.3 Å². The molecule has 3 amide bonds. The fourth-order valence-corrected chi connectivity index (χ4v) is 14.2. The first-order valence-corrected chi connectivity index (χ1v) is 29.7. The molecule has 0 bridgehead atoms. The van der Waals surface area contributed by atoms with Gasteiger partial charge in [-0.3, -0.25) is 42.5 Å². The average molecular weight is 1270 g/mol. The topological polar surface area (TPSA) is 266 Å². The Morgan fingerprint density at radius 2 is 1.05 bits per heavy atom. The molecule has 0 saturated heterocycles. The van der Waals surface area contributed by atoms with Crippen LogP contribution >= 0.6 is 66.7 Å². The zero-order chi connectivity index (χ0) is 56.0. The Bertz CT molecular complexity index is 3330. The van der Waals surface area contributed by atoms with E-state index in [0.717, 1.165) is 128 Å². The summed E-state index contributed by atoms with van der Waals surface area (Å²) in [5.74, 6) is 0.829. The van der Waals surface area contributed by atoms with Gasteiger partial charge in [-0.05, 0) is 171 Å². The molecule has 79 heavy (non-hydrogen) atoms. The fraction of sp³-hybridized carbons (Fsp3) is 0.509. The predicted molar refractivity (Wildman–Crippen MR) is 306 cm³/mol. The van der Waals surface area contributed by atoms with Crippen molar-refractivity contribution in [3.63, 3.8) is 0 Å². The van der Waals surface area contributed by atoms with Crippen molar-refractivity contribution in [2.75, 3.05) is 11.1 Å². The van der Waals surface area contributed by atoms with Crippen LogP contribution in [0.25, 0.3) is 0 Å². The van der Waals surface area contributed by atoms with E-state index in [4.69, 9.17) is 50.6 Å². The van der Waals surface area contributed by atoms with E-state index in [9.17, 15) is 28.8 Å². The minimum atomic E-state index is -1.04. The highest BCUT2D eigenvalue weighted by molar-refractivity contribution is 9.10. The molecule has 6 N–H and O–H groups in total. The Kier molecular flexibility index (Phi) is 16.9. The molecule has 14 rings (SSSR count). The van der Waals surface area contributed by atoms with Gasteiger partial charge in [0.25, 0.3) is 34.4 Å². The number of pyridine rings is 3. The molecular weight excluding hydrogens is 1210 g/mol. The highest BCUT2D eigenvalue weighted by Gasteiger charge is 2.58. The van der Waals surface area contributed by atoms with Gasteiger partial charge in [-0.15, -0.1) is 0 Å². The molecule has 9 aliphatic rings. The third kappa shape index (κ3) is 11.2. The lowest BCUT2D eigenvalue weighted by Crippen LogP contribution is -2.52. The van der Waals surface area contributed by atoms with E-state index in [-0.39, 0.29) is 52.3 Å². The summed E-state index contributed by atoms with van der Waals surface area (Å²) in [5.41, 5.74) is 4.42. The summed E-state index contributed by atoms with van der Waals surface area (Å²) in [7, 11) is -1.04. The van der Waals surface area contributed by atoms with Crippen molar-refractivity contribution in [2.45, 2.75) is 170 Å². The van der Waals surface area contributed by atoms with Crippen molar-refractivity contribution in [1.29, 1.82) is 0 Å². The summed E-state index contributed by atoms with van der Waals surface area (Å²) in [5, 5.41) is 23.5.